The molecule has 0 aromatic carbocycles. The number of halogens is 1. The number of carbonyl (C=O) groups is 1. The maximum absolute atomic E-state index is 11.6. The molecule has 1 aliphatic heterocycles. The van der Waals surface area contributed by atoms with Crippen LogP contribution in [-0.2, 0) is 4.74 Å². The van der Waals surface area contributed by atoms with Gasteiger partial charge >= 0.3 is 6.09 Å². The molecule has 0 bridgehead atoms. The number of alkyl carbamates (subject to hydrolysis) is 1. The Morgan fingerprint density at radius 2 is 1.70 bits per heavy atom. The average molecular weight is 497 g/mol. The van der Waals surface area contributed by atoms with Crippen molar-refractivity contribution in [1.82, 2.24) is 20.9 Å². The normalized spacial score (nSPS) is 16.1. The van der Waals surface area contributed by atoms with Gasteiger partial charge in [-0.05, 0) is 60.0 Å². The molecule has 7 nitrogen and oxygen atoms in total. The molecule has 1 rings (SSSR count). The zero-order chi connectivity index (χ0) is 19.3. The van der Waals surface area contributed by atoms with Gasteiger partial charge in [0.2, 0.25) is 0 Å². The maximum atomic E-state index is 11.6. The van der Waals surface area contributed by atoms with E-state index in [2.05, 4.69) is 32.8 Å². The smallest absolute Gasteiger partial charge is 0.407 e. The first kappa shape index (κ1) is 26.2. The van der Waals surface area contributed by atoms with Gasteiger partial charge in [0.05, 0.1) is 0 Å². The Labute approximate surface area is 182 Å². The van der Waals surface area contributed by atoms with Crippen molar-refractivity contribution in [2.24, 2.45) is 4.99 Å². The monoisotopic (exact) mass is 497 g/mol. The molecule has 0 radical (unpaired) electrons. The molecular weight excluding hydrogens is 457 g/mol. The molecule has 3 N–H and O–H groups in total. The molecule has 27 heavy (non-hydrogen) atoms. The predicted molar refractivity (Wildman–Crippen MR) is 123 cm³/mol. The first-order valence-corrected chi connectivity index (χ1v) is 10.1. The van der Waals surface area contributed by atoms with Crippen LogP contribution in [0, 0.1) is 0 Å². The fraction of sp³-hybridized carbons (Fsp3) is 0.895. The van der Waals surface area contributed by atoms with Crippen molar-refractivity contribution in [3.8, 4) is 0 Å². The highest BCUT2D eigenvalue weighted by Gasteiger charge is 2.15. The summed E-state index contributed by atoms with van der Waals surface area (Å²) in [5.74, 6) is 0.847. The Morgan fingerprint density at radius 3 is 2.30 bits per heavy atom. The lowest BCUT2D eigenvalue weighted by Crippen LogP contribution is -2.42. The van der Waals surface area contributed by atoms with Gasteiger partial charge < -0.3 is 25.6 Å². The second kappa shape index (κ2) is 15.2. The minimum Gasteiger partial charge on any atom is -0.444 e. The van der Waals surface area contributed by atoms with Gasteiger partial charge in [0.15, 0.2) is 5.96 Å². The fourth-order valence-corrected chi connectivity index (χ4v) is 2.81. The van der Waals surface area contributed by atoms with E-state index in [1.165, 1.54) is 38.8 Å². The van der Waals surface area contributed by atoms with Crippen LogP contribution in [0.25, 0.3) is 0 Å². The number of nitrogens with one attached hydrogen (secondary N) is 3. The van der Waals surface area contributed by atoms with Crippen molar-refractivity contribution in [3.05, 3.63) is 0 Å². The van der Waals surface area contributed by atoms with Gasteiger partial charge in [0.1, 0.15) is 5.60 Å². The lowest BCUT2D eigenvalue weighted by Gasteiger charge is -2.20. The van der Waals surface area contributed by atoms with E-state index in [1.54, 1.807) is 0 Å². The Hall–Kier alpha value is -0.770. The number of rotatable bonds is 8. The molecular formula is C19H40IN5O2. The molecule has 0 aromatic heterocycles. The summed E-state index contributed by atoms with van der Waals surface area (Å²) >= 11 is 0. The minimum absolute atomic E-state index is 0. The summed E-state index contributed by atoms with van der Waals surface area (Å²) in [6.07, 6.45) is 5.78. The number of hydrogen-bond donors (Lipinski definition) is 3. The third-order valence-electron chi connectivity index (χ3n) is 4.04. The molecule has 0 atom stereocenters. The number of nitrogens with zero attached hydrogens (tertiary/aromatic N) is 2. The van der Waals surface area contributed by atoms with Crippen LogP contribution in [0.15, 0.2) is 4.99 Å². The molecule has 1 fully saturated rings. The molecule has 1 saturated heterocycles. The Balaban J connectivity index is 0.00000676. The summed E-state index contributed by atoms with van der Waals surface area (Å²) < 4.78 is 5.21. The van der Waals surface area contributed by atoms with Crippen molar-refractivity contribution in [2.75, 3.05) is 45.8 Å². The number of ether oxygens (including phenoxy) is 1. The topological polar surface area (TPSA) is 78.0 Å². The molecule has 160 valence electrons. The highest BCUT2D eigenvalue weighted by Crippen LogP contribution is 2.08. The van der Waals surface area contributed by atoms with Gasteiger partial charge in [-0.15, -0.1) is 24.0 Å². The second-order valence-electron chi connectivity index (χ2n) is 7.73. The van der Waals surface area contributed by atoms with Crippen LogP contribution in [0.3, 0.4) is 0 Å². The van der Waals surface area contributed by atoms with Gasteiger partial charge in [0, 0.05) is 32.7 Å². The van der Waals surface area contributed by atoms with Crippen LogP contribution in [0.4, 0.5) is 4.79 Å². The molecule has 0 saturated carbocycles. The molecule has 1 heterocycles. The SMILES string of the molecule is CCNC(=NCCCNC(=O)OC(C)(C)C)NCCN1CCCCCC1.I. The lowest BCUT2D eigenvalue weighted by molar-refractivity contribution is 0.0527. The van der Waals surface area contributed by atoms with Crippen molar-refractivity contribution in [1.29, 1.82) is 0 Å². The first-order chi connectivity index (χ1) is 12.4. The maximum Gasteiger partial charge on any atom is 0.407 e. The quantitative estimate of drug-likeness (QED) is 0.208. The van der Waals surface area contributed by atoms with Crippen LogP contribution >= 0.6 is 24.0 Å². The Bertz CT molecular complexity index is 419. The summed E-state index contributed by atoms with van der Waals surface area (Å²) in [5.41, 5.74) is -0.461. The van der Waals surface area contributed by atoms with Crippen molar-refractivity contribution in [3.63, 3.8) is 0 Å². The Kier molecular flexibility index (Phi) is 14.8. The van der Waals surface area contributed by atoms with Gasteiger partial charge in [-0.2, -0.15) is 0 Å². The van der Waals surface area contributed by atoms with Crippen molar-refractivity contribution in [2.45, 2.75) is 65.4 Å². The number of aliphatic imine (C=N–C) groups is 1. The van der Waals surface area contributed by atoms with Crippen LogP contribution in [0.5, 0.6) is 0 Å². The summed E-state index contributed by atoms with van der Waals surface area (Å²) in [6.45, 7) is 14.1. The zero-order valence-electron chi connectivity index (χ0n) is 17.6. The summed E-state index contributed by atoms with van der Waals surface area (Å²) in [4.78, 5) is 18.7. The lowest BCUT2D eigenvalue weighted by atomic mass is 10.2. The van der Waals surface area contributed by atoms with Crippen molar-refractivity contribution < 1.29 is 9.53 Å². The highest BCUT2D eigenvalue weighted by molar-refractivity contribution is 14.0. The fourth-order valence-electron chi connectivity index (χ4n) is 2.81. The predicted octanol–water partition coefficient (Wildman–Crippen LogP) is 2.95. The van der Waals surface area contributed by atoms with Crippen LogP contribution in [0.1, 0.15) is 59.8 Å². The van der Waals surface area contributed by atoms with E-state index in [0.29, 0.717) is 13.1 Å². The minimum atomic E-state index is -0.461. The second-order valence-corrected chi connectivity index (χ2v) is 7.73. The van der Waals surface area contributed by atoms with Crippen LogP contribution < -0.4 is 16.0 Å². The van der Waals surface area contributed by atoms with E-state index in [0.717, 1.165) is 32.0 Å². The largest absolute Gasteiger partial charge is 0.444 e. The van der Waals surface area contributed by atoms with Gasteiger partial charge in [0.25, 0.3) is 0 Å². The van der Waals surface area contributed by atoms with Crippen LogP contribution in [-0.4, -0.2) is 68.4 Å². The van der Waals surface area contributed by atoms with E-state index in [1.807, 2.05) is 20.8 Å². The molecule has 0 unspecified atom stereocenters. The number of hydrogen-bond acceptors (Lipinski definition) is 4. The molecule has 0 aliphatic carbocycles. The highest BCUT2D eigenvalue weighted by atomic mass is 127. The van der Waals surface area contributed by atoms with E-state index in [4.69, 9.17) is 4.74 Å². The molecule has 0 aromatic rings. The first-order valence-electron chi connectivity index (χ1n) is 10.1. The average Bonchev–Trinajstić information content (AvgIpc) is 2.81. The van der Waals surface area contributed by atoms with E-state index in [9.17, 15) is 4.79 Å². The van der Waals surface area contributed by atoms with Crippen molar-refractivity contribution >= 4 is 36.0 Å². The third kappa shape index (κ3) is 14.9. The number of amides is 1. The summed E-state index contributed by atoms with van der Waals surface area (Å²) in [7, 11) is 0. The summed E-state index contributed by atoms with van der Waals surface area (Å²) in [5, 5.41) is 9.44. The van der Waals surface area contributed by atoms with Gasteiger partial charge in [-0.1, -0.05) is 12.8 Å². The van der Waals surface area contributed by atoms with E-state index in [-0.39, 0.29) is 30.1 Å². The van der Waals surface area contributed by atoms with Crippen LogP contribution in [0.2, 0.25) is 0 Å². The number of guanidine groups is 1. The standard InChI is InChI=1S/C19H39N5O2.HI/c1-5-20-17(22-13-16-24-14-8-6-7-9-15-24)21-11-10-12-23-18(25)26-19(2,3)4;/h5-16H2,1-4H3,(H,23,25)(H2,20,21,22);1H. The number of carbonyl (C=O) groups excluding carboxylic acids is 1. The van der Waals surface area contributed by atoms with E-state index >= 15 is 0 Å². The molecule has 1 aliphatic rings. The summed E-state index contributed by atoms with van der Waals surface area (Å²) in [6, 6.07) is 0. The van der Waals surface area contributed by atoms with Gasteiger partial charge in [-0.3, -0.25) is 4.99 Å². The zero-order valence-corrected chi connectivity index (χ0v) is 19.9. The molecule has 0 spiro atoms. The molecule has 1 amide bonds. The third-order valence-corrected chi connectivity index (χ3v) is 4.04. The Morgan fingerprint density at radius 1 is 1.04 bits per heavy atom. The van der Waals surface area contributed by atoms with Gasteiger partial charge in [-0.25, -0.2) is 4.79 Å². The number of likely N-dealkylation sites (tertiary alicyclic amines) is 1. The van der Waals surface area contributed by atoms with E-state index < -0.39 is 5.60 Å². The molecule has 8 heteroatoms.